The maximum Gasteiger partial charge on any atom is 0.322 e. The van der Waals surface area contributed by atoms with Crippen molar-refractivity contribution in [3.05, 3.63) is 72.1 Å². The number of aliphatic carboxylic acids is 1. The van der Waals surface area contributed by atoms with E-state index in [0.29, 0.717) is 24.4 Å². The number of nitrogens with one attached hydrogen (secondary N) is 2. The van der Waals surface area contributed by atoms with E-state index in [1.807, 2.05) is 48.5 Å². The molecule has 0 atom stereocenters. The summed E-state index contributed by atoms with van der Waals surface area (Å²) >= 11 is 0. The molecule has 0 radical (unpaired) electrons. The van der Waals surface area contributed by atoms with Crippen LogP contribution in [0.15, 0.2) is 60.8 Å². The van der Waals surface area contributed by atoms with Gasteiger partial charge in [0.2, 0.25) is 5.95 Å². The highest BCUT2D eigenvalue weighted by Crippen LogP contribution is 2.19. The Hall–Kier alpha value is -3.94. The fraction of sp³-hybridized carbons (Fsp3) is 0.143. The number of hydrogen-bond donors (Lipinski definition) is 3. The number of benzene rings is 2. The lowest BCUT2D eigenvalue weighted by molar-refractivity contribution is -0.136. The van der Waals surface area contributed by atoms with E-state index >= 15 is 0 Å². The summed E-state index contributed by atoms with van der Waals surface area (Å²) in [5, 5.41) is 12.0. The van der Waals surface area contributed by atoms with Crippen LogP contribution in [0.2, 0.25) is 0 Å². The molecule has 0 spiro atoms. The Morgan fingerprint density at radius 1 is 1.07 bits per heavy atom. The summed E-state index contributed by atoms with van der Waals surface area (Å²) in [7, 11) is 0. The first-order valence-electron chi connectivity index (χ1n) is 9.15. The zero-order valence-electron chi connectivity index (χ0n) is 15.5. The molecule has 2 aromatic carbocycles. The number of imidazole rings is 1. The molecule has 0 amide bonds. The highest BCUT2D eigenvalue weighted by molar-refractivity contribution is 5.77. The summed E-state index contributed by atoms with van der Waals surface area (Å²) in [6.07, 6.45) is 1.91. The number of nitrogens with zero attached hydrogens (tertiary/aromatic N) is 3. The minimum Gasteiger partial charge on any atom is -0.481 e. The van der Waals surface area contributed by atoms with Gasteiger partial charge in [0, 0.05) is 24.9 Å². The van der Waals surface area contributed by atoms with Gasteiger partial charge in [-0.05, 0) is 35.9 Å². The number of H-pyrrole nitrogens is 1. The third kappa shape index (κ3) is 4.86. The van der Waals surface area contributed by atoms with Crippen LogP contribution in [0.25, 0.3) is 11.0 Å². The van der Waals surface area contributed by atoms with Crippen molar-refractivity contribution in [1.29, 1.82) is 0 Å². The quantitative estimate of drug-likeness (QED) is 0.420. The van der Waals surface area contributed by atoms with Crippen molar-refractivity contribution in [1.82, 2.24) is 19.9 Å². The van der Waals surface area contributed by atoms with Gasteiger partial charge in [-0.15, -0.1) is 0 Å². The van der Waals surface area contributed by atoms with Gasteiger partial charge >= 0.3 is 12.0 Å². The second-order valence-electron chi connectivity index (χ2n) is 6.43. The zero-order chi connectivity index (χ0) is 20.1. The van der Waals surface area contributed by atoms with Crippen LogP contribution in [0, 0.1) is 0 Å². The molecular weight excluding hydrogens is 370 g/mol. The van der Waals surface area contributed by atoms with E-state index in [-0.39, 0.29) is 12.4 Å². The van der Waals surface area contributed by atoms with Gasteiger partial charge in [0.1, 0.15) is 5.75 Å². The summed E-state index contributed by atoms with van der Waals surface area (Å²) in [6, 6.07) is 17.3. The lowest BCUT2D eigenvalue weighted by Crippen LogP contribution is -2.02. The molecule has 0 unspecified atom stereocenters. The first-order valence-corrected chi connectivity index (χ1v) is 9.15. The van der Waals surface area contributed by atoms with Crippen LogP contribution in [0.5, 0.6) is 11.8 Å². The zero-order valence-corrected chi connectivity index (χ0v) is 15.5. The highest BCUT2D eigenvalue weighted by Gasteiger charge is 2.06. The highest BCUT2D eigenvalue weighted by atomic mass is 16.5. The molecule has 0 fully saturated rings. The predicted octanol–water partition coefficient (Wildman–Crippen LogP) is 3.77. The molecular formula is C21H19N5O3. The summed E-state index contributed by atoms with van der Waals surface area (Å²) in [5.41, 5.74) is 3.60. The smallest absolute Gasteiger partial charge is 0.322 e. The molecule has 8 nitrogen and oxygen atoms in total. The Labute approximate surface area is 166 Å². The van der Waals surface area contributed by atoms with Crippen molar-refractivity contribution in [2.24, 2.45) is 0 Å². The predicted molar refractivity (Wildman–Crippen MR) is 108 cm³/mol. The molecule has 0 bridgehead atoms. The molecule has 2 aromatic heterocycles. The second-order valence-corrected chi connectivity index (χ2v) is 6.43. The SMILES string of the molecule is O=C(O)CCc1ccnc(Oc2ccc(CNc3nc4ccccc4[nH]3)cc2)n1. The lowest BCUT2D eigenvalue weighted by atomic mass is 10.2. The molecule has 2 heterocycles. The number of aromatic amines is 1. The number of ether oxygens (including phenoxy) is 1. The number of hydrogen-bond acceptors (Lipinski definition) is 6. The average molecular weight is 389 g/mol. The van der Waals surface area contributed by atoms with Gasteiger partial charge in [-0.2, -0.15) is 4.98 Å². The lowest BCUT2D eigenvalue weighted by Gasteiger charge is -2.07. The number of anilines is 1. The van der Waals surface area contributed by atoms with E-state index in [0.717, 1.165) is 22.5 Å². The van der Waals surface area contributed by atoms with Gasteiger partial charge in [0.15, 0.2) is 0 Å². The monoisotopic (exact) mass is 389 g/mol. The van der Waals surface area contributed by atoms with Crippen LogP contribution in [0.1, 0.15) is 17.7 Å². The Morgan fingerprint density at radius 2 is 1.90 bits per heavy atom. The van der Waals surface area contributed by atoms with E-state index in [1.54, 1.807) is 12.3 Å². The number of rotatable bonds is 8. The summed E-state index contributed by atoms with van der Waals surface area (Å²) in [6.45, 7) is 0.612. The Balaban J connectivity index is 1.35. The standard InChI is InChI=1S/C21H19N5O3/c27-19(28)10-7-15-11-12-22-21(24-15)29-16-8-5-14(6-9-16)13-23-20-25-17-3-1-2-4-18(17)26-20/h1-6,8-9,11-12H,7,10,13H2,(H,27,28)(H2,23,25,26). The van der Waals surface area contributed by atoms with Crippen LogP contribution in [-0.4, -0.2) is 31.0 Å². The number of fused-ring (bicyclic) bond motifs is 1. The Bertz CT molecular complexity index is 1090. The molecule has 0 aliphatic rings. The molecule has 0 saturated heterocycles. The number of carboxylic acid groups (broad SMARTS) is 1. The maximum atomic E-state index is 10.7. The van der Waals surface area contributed by atoms with Gasteiger partial charge in [-0.1, -0.05) is 24.3 Å². The van der Waals surface area contributed by atoms with Crippen LogP contribution >= 0.6 is 0 Å². The fourth-order valence-corrected chi connectivity index (χ4v) is 2.80. The number of carbonyl (C=O) groups is 1. The Kier molecular flexibility index (Phi) is 5.33. The van der Waals surface area contributed by atoms with Crippen molar-refractivity contribution in [2.45, 2.75) is 19.4 Å². The van der Waals surface area contributed by atoms with Crippen molar-refractivity contribution in [3.8, 4) is 11.8 Å². The van der Waals surface area contributed by atoms with Gasteiger partial charge in [0.05, 0.1) is 17.5 Å². The van der Waals surface area contributed by atoms with E-state index in [4.69, 9.17) is 9.84 Å². The van der Waals surface area contributed by atoms with E-state index in [1.165, 1.54) is 0 Å². The van der Waals surface area contributed by atoms with Gasteiger partial charge in [0.25, 0.3) is 0 Å². The van der Waals surface area contributed by atoms with Crippen molar-refractivity contribution < 1.29 is 14.6 Å². The molecule has 8 heteroatoms. The average Bonchev–Trinajstić information content (AvgIpc) is 3.15. The summed E-state index contributed by atoms with van der Waals surface area (Å²) in [4.78, 5) is 26.7. The first kappa shape index (κ1) is 18.4. The van der Waals surface area contributed by atoms with Crippen molar-refractivity contribution >= 4 is 23.0 Å². The molecule has 29 heavy (non-hydrogen) atoms. The second kappa shape index (κ2) is 8.39. The van der Waals surface area contributed by atoms with Crippen molar-refractivity contribution in [2.75, 3.05) is 5.32 Å². The third-order valence-corrected chi connectivity index (χ3v) is 4.27. The first-order chi connectivity index (χ1) is 14.2. The normalized spacial score (nSPS) is 10.8. The molecule has 0 saturated carbocycles. The van der Waals surface area contributed by atoms with E-state index in [2.05, 4.69) is 25.3 Å². The minimum absolute atomic E-state index is 0.0172. The molecule has 3 N–H and O–H groups in total. The fourth-order valence-electron chi connectivity index (χ4n) is 2.80. The number of para-hydroxylation sites is 2. The summed E-state index contributed by atoms with van der Waals surface area (Å²) < 4.78 is 5.67. The van der Waals surface area contributed by atoms with E-state index in [9.17, 15) is 4.79 Å². The van der Waals surface area contributed by atoms with Crippen LogP contribution < -0.4 is 10.1 Å². The largest absolute Gasteiger partial charge is 0.481 e. The number of carboxylic acids is 1. The molecule has 146 valence electrons. The number of aromatic nitrogens is 4. The van der Waals surface area contributed by atoms with E-state index < -0.39 is 5.97 Å². The molecule has 4 aromatic rings. The number of aryl methyl sites for hydroxylation is 1. The van der Waals surface area contributed by atoms with Crippen LogP contribution in [0.3, 0.4) is 0 Å². The molecule has 0 aliphatic carbocycles. The minimum atomic E-state index is -0.863. The molecule has 4 rings (SSSR count). The topological polar surface area (TPSA) is 113 Å². The molecule has 0 aliphatic heterocycles. The van der Waals surface area contributed by atoms with Gasteiger partial charge in [-0.3, -0.25) is 4.79 Å². The van der Waals surface area contributed by atoms with Crippen molar-refractivity contribution in [3.63, 3.8) is 0 Å². The van der Waals surface area contributed by atoms with Crippen LogP contribution in [-0.2, 0) is 17.8 Å². The van der Waals surface area contributed by atoms with Gasteiger partial charge in [-0.25, -0.2) is 9.97 Å². The third-order valence-electron chi connectivity index (χ3n) is 4.27. The van der Waals surface area contributed by atoms with Crippen LogP contribution in [0.4, 0.5) is 5.95 Å². The van der Waals surface area contributed by atoms with Gasteiger partial charge < -0.3 is 20.1 Å². The Morgan fingerprint density at radius 3 is 2.69 bits per heavy atom. The summed E-state index contributed by atoms with van der Waals surface area (Å²) in [5.74, 6) is 0.462. The maximum absolute atomic E-state index is 10.7.